The molecule has 1 aliphatic rings. The predicted octanol–water partition coefficient (Wildman–Crippen LogP) is 2.89. The van der Waals surface area contributed by atoms with Gasteiger partial charge >= 0.3 is 24.3 Å². The maximum atomic E-state index is 14.0. The Hall–Kier alpha value is -2.09. The van der Waals surface area contributed by atoms with E-state index in [0.717, 1.165) is 24.3 Å². The molecule has 5 atom stereocenters. The lowest BCUT2D eigenvalue weighted by molar-refractivity contribution is -0.376. The Labute approximate surface area is 188 Å². The number of halogens is 7. The SMILES string of the molecule is CCOC(=O)[C@@H]1C(c2ccc(Cl)cc2)[C@H](C(=O)OCC)[C@@](O)(C(F)(F)F)N[C@]1(O)C(F)(F)F. The van der Waals surface area contributed by atoms with Gasteiger partial charge in [0, 0.05) is 10.9 Å². The summed E-state index contributed by atoms with van der Waals surface area (Å²) in [4.78, 5) is 25.3. The molecule has 0 spiro atoms. The van der Waals surface area contributed by atoms with Crippen molar-refractivity contribution in [3.05, 3.63) is 34.9 Å². The molecule has 0 amide bonds. The zero-order chi connectivity index (χ0) is 25.4. The third-order valence-electron chi connectivity index (χ3n) is 5.20. The van der Waals surface area contributed by atoms with E-state index < -0.39 is 72.3 Å². The molecule has 1 heterocycles. The van der Waals surface area contributed by atoms with Gasteiger partial charge in [0.25, 0.3) is 0 Å². The fourth-order valence-electron chi connectivity index (χ4n) is 3.82. The van der Waals surface area contributed by atoms with E-state index in [1.54, 1.807) is 0 Å². The fourth-order valence-corrected chi connectivity index (χ4v) is 3.95. The Morgan fingerprint density at radius 3 is 1.58 bits per heavy atom. The minimum absolute atomic E-state index is 0.0326. The van der Waals surface area contributed by atoms with Crippen LogP contribution in [0.4, 0.5) is 26.3 Å². The van der Waals surface area contributed by atoms with Gasteiger partial charge in [0.05, 0.1) is 13.2 Å². The van der Waals surface area contributed by atoms with Gasteiger partial charge in [-0.25, -0.2) is 5.32 Å². The maximum absolute atomic E-state index is 14.0. The van der Waals surface area contributed by atoms with Crippen LogP contribution in [0.2, 0.25) is 5.02 Å². The fraction of sp³-hybridized carbons (Fsp3) is 0.579. The van der Waals surface area contributed by atoms with Crippen LogP contribution in [-0.4, -0.2) is 59.2 Å². The van der Waals surface area contributed by atoms with Gasteiger partial charge in [0.15, 0.2) is 0 Å². The molecule has 186 valence electrons. The van der Waals surface area contributed by atoms with Crippen molar-refractivity contribution in [2.75, 3.05) is 13.2 Å². The first-order valence-electron chi connectivity index (χ1n) is 9.51. The molecule has 0 aromatic heterocycles. The summed E-state index contributed by atoms with van der Waals surface area (Å²) in [5.41, 5.74) is -9.75. The summed E-state index contributed by atoms with van der Waals surface area (Å²) < 4.78 is 93.2. The van der Waals surface area contributed by atoms with Crippen LogP contribution in [0, 0.1) is 11.8 Å². The molecule has 3 N–H and O–H groups in total. The molecule has 0 radical (unpaired) electrons. The minimum atomic E-state index is -5.94. The average Bonchev–Trinajstić information content (AvgIpc) is 2.66. The zero-order valence-electron chi connectivity index (χ0n) is 17.1. The maximum Gasteiger partial charge on any atom is 0.432 e. The number of ether oxygens (including phenoxy) is 2. The Balaban J connectivity index is 2.95. The van der Waals surface area contributed by atoms with Crippen LogP contribution >= 0.6 is 11.6 Å². The second-order valence-corrected chi connectivity index (χ2v) is 7.63. The normalized spacial score (nSPS) is 30.6. The minimum Gasteiger partial charge on any atom is -0.466 e. The molecule has 2 rings (SSSR count). The number of hydrogen-bond donors (Lipinski definition) is 3. The first kappa shape index (κ1) is 27.2. The van der Waals surface area contributed by atoms with Crippen molar-refractivity contribution in [3.8, 4) is 0 Å². The molecule has 1 fully saturated rings. The van der Waals surface area contributed by atoms with Crippen molar-refractivity contribution in [1.82, 2.24) is 5.32 Å². The third kappa shape index (κ3) is 4.77. The number of rotatable bonds is 5. The lowest BCUT2D eigenvalue weighted by Crippen LogP contribution is -2.81. The summed E-state index contributed by atoms with van der Waals surface area (Å²) in [5, 5.41) is 21.8. The topological polar surface area (TPSA) is 105 Å². The highest BCUT2D eigenvalue weighted by atomic mass is 35.5. The van der Waals surface area contributed by atoms with Crippen LogP contribution in [0.5, 0.6) is 0 Å². The Morgan fingerprint density at radius 2 is 1.27 bits per heavy atom. The largest absolute Gasteiger partial charge is 0.466 e. The molecule has 1 unspecified atom stereocenters. The number of piperidine rings is 1. The first-order chi connectivity index (χ1) is 15.0. The van der Waals surface area contributed by atoms with Crippen LogP contribution in [0.15, 0.2) is 24.3 Å². The number of carbonyl (C=O) groups is 2. The summed E-state index contributed by atoms with van der Waals surface area (Å²) in [6.45, 7) is 1.44. The van der Waals surface area contributed by atoms with Crippen LogP contribution in [0.25, 0.3) is 0 Å². The molecule has 0 aliphatic carbocycles. The first-order valence-corrected chi connectivity index (χ1v) is 9.89. The van der Waals surface area contributed by atoms with Crippen LogP contribution in [0.1, 0.15) is 25.3 Å². The molecule has 7 nitrogen and oxygen atoms in total. The van der Waals surface area contributed by atoms with Crippen LogP contribution in [-0.2, 0) is 19.1 Å². The van der Waals surface area contributed by atoms with Gasteiger partial charge in [-0.15, -0.1) is 0 Å². The predicted molar refractivity (Wildman–Crippen MR) is 99.6 cm³/mol. The second kappa shape index (κ2) is 9.28. The van der Waals surface area contributed by atoms with Crippen molar-refractivity contribution < 1.29 is 55.6 Å². The number of benzene rings is 1. The van der Waals surface area contributed by atoms with Crippen LogP contribution < -0.4 is 5.32 Å². The Kier molecular flexibility index (Phi) is 7.63. The van der Waals surface area contributed by atoms with Crippen molar-refractivity contribution in [2.24, 2.45) is 11.8 Å². The summed E-state index contributed by atoms with van der Waals surface area (Å²) >= 11 is 5.75. The molecule has 0 bridgehead atoms. The van der Waals surface area contributed by atoms with E-state index >= 15 is 0 Å². The van der Waals surface area contributed by atoms with E-state index in [2.05, 4.69) is 9.47 Å². The van der Waals surface area contributed by atoms with Crippen molar-refractivity contribution in [3.63, 3.8) is 0 Å². The Morgan fingerprint density at radius 1 is 0.909 bits per heavy atom. The van der Waals surface area contributed by atoms with Gasteiger partial charge in [-0.1, -0.05) is 23.7 Å². The van der Waals surface area contributed by atoms with E-state index in [1.165, 1.54) is 13.8 Å². The quantitative estimate of drug-likeness (QED) is 0.416. The van der Waals surface area contributed by atoms with Gasteiger partial charge < -0.3 is 19.7 Å². The molecular weight excluding hydrogens is 488 g/mol. The second-order valence-electron chi connectivity index (χ2n) is 7.19. The number of esters is 2. The van der Waals surface area contributed by atoms with E-state index in [0.29, 0.717) is 5.32 Å². The van der Waals surface area contributed by atoms with Gasteiger partial charge in [-0.2, -0.15) is 26.3 Å². The van der Waals surface area contributed by atoms with Gasteiger partial charge in [0.2, 0.25) is 11.4 Å². The molecule has 1 aromatic rings. The third-order valence-corrected chi connectivity index (χ3v) is 5.45. The number of aliphatic hydroxyl groups is 2. The molecule has 1 aromatic carbocycles. The number of carbonyl (C=O) groups excluding carboxylic acids is 2. The molecule has 33 heavy (non-hydrogen) atoms. The summed E-state index contributed by atoms with van der Waals surface area (Å²) in [6, 6.07) is 4.10. The lowest BCUT2D eigenvalue weighted by Gasteiger charge is -2.54. The number of alkyl halides is 6. The molecular formula is C19H20ClF6NO6. The van der Waals surface area contributed by atoms with E-state index in [1.807, 2.05) is 0 Å². The van der Waals surface area contributed by atoms with Crippen molar-refractivity contribution in [1.29, 1.82) is 0 Å². The summed E-state index contributed by atoms with van der Waals surface area (Å²) in [7, 11) is 0. The van der Waals surface area contributed by atoms with E-state index in [9.17, 15) is 46.1 Å². The molecule has 0 saturated carbocycles. The number of nitrogens with one attached hydrogen (secondary N) is 1. The molecule has 14 heteroatoms. The monoisotopic (exact) mass is 507 g/mol. The highest BCUT2D eigenvalue weighted by molar-refractivity contribution is 6.30. The summed E-state index contributed by atoms with van der Waals surface area (Å²) in [5.74, 6) is -11.6. The Bertz CT molecular complexity index is 831. The van der Waals surface area contributed by atoms with E-state index in [4.69, 9.17) is 11.6 Å². The molecule has 1 aliphatic heterocycles. The van der Waals surface area contributed by atoms with E-state index in [-0.39, 0.29) is 5.02 Å². The number of hydrogen-bond acceptors (Lipinski definition) is 7. The smallest absolute Gasteiger partial charge is 0.432 e. The highest BCUT2D eigenvalue weighted by Crippen LogP contribution is 2.55. The molecule has 1 saturated heterocycles. The zero-order valence-corrected chi connectivity index (χ0v) is 17.9. The highest BCUT2D eigenvalue weighted by Gasteiger charge is 2.78. The average molecular weight is 508 g/mol. The van der Waals surface area contributed by atoms with Crippen LogP contribution in [0.3, 0.4) is 0 Å². The van der Waals surface area contributed by atoms with Crippen molar-refractivity contribution >= 4 is 23.5 Å². The van der Waals surface area contributed by atoms with Crippen molar-refractivity contribution in [2.45, 2.75) is 43.6 Å². The lowest BCUT2D eigenvalue weighted by atomic mass is 9.64. The summed E-state index contributed by atoms with van der Waals surface area (Å²) in [6.07, 6.45) is -11.9. The van der Waals surface area contributed by atoms with Gasteiger partial charge in [-0.3, -0.25) is 9.59 Å². The standard InChI is InChI=1S/C19H20ClF6NO6/c1-3-32-14(28)12-11(9-5-7-10(20)8-6-9)13(15(29)33-4-2)17(31,19(24,25)26)27-16(12,30)18(21,22)23/h5-8,11-13,27,30-31H,3-4H2,1-2H3/t11?,12-,13+,16-,17-/m1/s1. The van der Waals surface area contributed by atoms with Gasteiger partial charge in [-0.05, 0) is 31.5 Å². The van der Waals surface area contributed by atoms with Gasteiger partial charge in [0.1, 0.15) is 11.8 Å².